The second-order valence-electron chi connectivity index (χ2n) is 3.63. The number of nitrogens with one attached hydrogen (secondary N) is 2. The predicted octanol–water partition coefficient (Wildman–Crippen LogP) is 2.38. The Bertz CT molecular complexity index is 523. The van der Waals surface area contributed by atoms with E-state index in [1.165, 1.54) is 0 Å². The van der Waals surface area contributed by atoms with Crippen LogP contribution in [0.4, 0.5) is 5.69 Å². The largest absolute Gasteiger partial charge is 0.381 e. The van der Waals surface area contributed by atoms with Gasteiger partial charge in [-0.25, -0.2) is 0 Å². The first kappa shape index (κ1) is 11.5. The van der Waals surface area contributed by atoms with Gasteiger partial charge in [0.15, 0.2) is 0 Å². The summed E-state index contributed by atoms with van der Waals surface area (Å²) in [6, 6.07) is 7.06. The Morgan fingerprint density at radius 2 is 2.24 bits per heavy atom. The summed E-state index contributed by atoms with van der Waals surface area (Å²) in [6.07, 6.45) is 3.77. The number of hydrogen-bond acceptors (Lipinski definition) is 2. The van der Waals surface area contributed by atoms with Crippen LogP contribution in [-0.2, 0) is 6.54 Å². The molecule has 1 amide bonds. The van der Waals surface area contributed by atoms with Gasteiger partial charge in [-0.3, -0.25) is 4.79 Å². The van der Waals surface area contributed by atoms with Crippen LogP contribution in [0, 0.1) is 0 Å². The van der Waals surface area contributed by atoms with Gasteiger partial charge in [0.2, 0.25) is 5.91 Å². The van der Waals surface area contributed by atoms with E-state index in [9.17, 15) is 4.79 Å². The quantitative estimate of drug-likeness (QED) is 0.779. The lowest BCUT2D eigenvalue weighted by molar-refractivity contribution is 0.100. The second kappa shape index (κ2) is 4.93. The van der Waals surface area contributed by atoms with Gasteiger partial charge in [0, 0.05) is 24.6 Å². The van der Waals surface area contributed by atoms with Gasteiger partial charge in [-0.2, -0.15) is 0 Å². The molecule has 1 heterocycles. The number of H-pyrrole nitrogens is 1. The van der Waals surface area contributed by atoms with E-state index in [0.29, 0.717) is 17.1 Å². The Hall–Kier alpha value is -1.94. The molecular formula is C12H12ClN3O. The summed E-state index contributed by atoms with van der Waals surface area (Å²) in [5, 5.41) is 3.56. The van der Waals surface area contributed by atoms with Gasteiger partial charge in [0.1, 0.15) is 0 Å². The van der Waals surface area contributed by atoms with Gasteiger partial charge in [-0.15, -0.1) is 0 Å². The van der Waals surface area contributed by atoms with Gasteiger partial charge in [-0.05, 0) is 29.8 Å². The van der Waals surface area contributed by atoms with E-state index in [2.05, 4.69) is 10.3 Å². The van der Waals surface area contributed by atoms with Crippen LogP contribution in [0.2, 0.25) is 5.02 Å². The molecule has 5 heteroatoms. The topological polar surface area (TPSA) is 70.9 Å². The maximum atomic E-state index is 11.0. The number of aromatic nitrogens is 1. The van der Waals surface area contributed by atoms with Crippen molar-refractivity contribution in [1.82, 2.24) is 4.98 Å². The van der Waals surface area contributed by atoms with Crippen molar-refractivity contribution in [2.24, 2.45) is 5.73 Å². The fraction of sp³-hybridized carbons (Fsp3) is 0.0833. The third-order valence-corrected chi connectivity index (χ3v) is 2.71. The van der Waals surface area contributed by atoms with Crippen LogP contribution in [0.1, 0.15) is 15.9 Å². The molecule has 0 fully saturated rings. The van der Waals surface area contributed by atoms with Crippen LogP contribution in [0.3, 0.4) is 0 Å². The van der Waals surface area contributed by atoms with E-state index >= 15 is 0 Å². The predicted molar refractivity (Wildman–Crippen MR) is 68.1 cm³/mol. The van der Waals surface area contributed by atoms with E-state index in [0.717, 1.165) is 11.3 Å². The number of primary amides is 1. The lowest BCUT2D eigenvalue weighted by Gasteiger charge is -2.07. The van der Waals surface area contributed by atoms with Crippen LogP contribution in [0.25, 0.3) is 0 Å². The normalized spacial score (nSPS) is 10.2. The van der Waals surface area contributed by atoms with Crippen LogP contribution < -0.4 is 11.1 Å². The van der Waals surface area contributed by atoms with Crippen molar-refractivity contribution in [2.75, 3.05) is 5.32 Å². The number of rotatable bonds is 4. The van der Waals surface area contributed by atoms with Crippen LogP contribution >= 0.6 is 11.6 Å². The van der Waals surface area contributed by atoms with Crippen molar-refractivity contribution in [3.8, 4) is 0 Å². The zero-order valence-electron chi connectivity index (χ0n) is 9.03. The van der Waals surface area contributed by atoms with Gasteiger partial charge in [0.25, 0.3) is 0 Å². The molecule has 17 heavy (non-hydrogen) atoms. The molecule has 0 spiro atoms. The molecule has 1 aromatic carbocycles. The van der Waals surface area contributed by atoms with Crippen LogP contribution in [-0.4, -0.2) is 10.9 Å². The Kier molecular flexibility index (Phi) is 3.35. The molecule has 2 aromatic rings. The van der Waals surface area contributed by atoms with Crippen molar-refractivity contribution in [3.63, 3.8) is 0 Å². The SMILES string of the molecule is NC(=O)c1ccc(NCc2cc[nH]c2)cc1Cl. The lowest BCUT2D eigenvalue weighted by atomic mass is 10.2. The molecule has 0 aliphatic heterocycles. The summed E-state index contributed by atoms with van der Waals surface area (Å²) < 4.78 is 0. The molecule has 4 nitrogen and oxygen atoms in total. The van der Waals surface area contributed by atoms with Crippen molar-refractivity contribution in [3.05, 3.63) is 52.8 Å². The highest BCUT2D eigenvalue weighted by atomic mass is 35.5. The molecule has 0 bridgehead atoms. The third-order valence-electron chi connectivity index (χ3n) is 2.39. The third kappa shape index (κ3) is 2.79. The number of aromatic amines is 1. The fourth-order valence-electron chi connectivity index (χ4n) is 1.50. The minimum atomic E-state index is -0.521. The summed E-state index contributed by atoms with van der Waals surface area (Å²) in [7, 11) is 0. The molecule has 0 radical (unpaired) electrons. The standard InChI is InChI=1S/C12H12ClN3O/c13-11-5-9(1-2-10(11)12(14)17)16-7-8-3-4-15-6-8/h1-6,15-16H,7H2,(H2,14,17). The monoisotopic (exact) mass is 249 g/mol. The minimum Gasteiger partial charge on any atom is -0.381 e. The van der Waals surface area contributed by atoms with Gasteiger partial charge in [-0.1, -0.05) is 11.6 Å². The number of halogens is 1. The summed E-state index contributed by atoms with van der Waals surface area (Å²) in [4.78, 5) is 14.0. The number of nitrogens with two attached hydrogens (primary N) is 1. The summed E-state index contributed by atoms with van der Waals surface area (Å²) >= 11 is 5.94. The van der Waals surface area contributed by atoms with Gasteiger partial charge >= 0.3 is 0 Å². The molecule has 2 rings (SSSR count). The second-order valence-corrected chi connectivity index (χ2v) is 4.04. The highest BCUT2D eigenvalue weighted by molar-refractivity contribution is 6.34. The number of benzene rings is 1. The van der Waals surface area contributed by atoms with Gasteiger partial charge < -0.3 is 16.0 Å². The average molecular weight is 250 g/mol. The Labute approximate surface area is 104 Å². The zero-order valence-corrected chi connectivity index (χ0v) is 9.79. The molecule has 0 unspecified atom stereocenters. The molecule has 1 aromatic heterocycles. The maximum absolute atomic E-state index is 11.0. The van der Waals surface area contributed by atoms with E-state index in [1.807, 2.05) is 18.5 Å². The number of anilines is 1. The first-order valence-electron chi connectivity index (χ1n) is 5.11. The van der Waals surface area contributed by atoms with Crippen LogP contribution in [0.15, 0.2) is 36.7 Å². The van der Waals surface area contributed by atoms with Crippen molar-refractivity contribution < 1.29 is 4.79 Å². The Balaban J connectivity index is 2.07. The summed E-state index contributed by atoms with van der Waals surface area (Å²) in [6.45, 7) is 0.690. The zero-order chi connectivity index (χ0) is 12.3. The first-order chi connectivity index (χ1) is 8.16. The molecule has 0 saturated heterocycles. The fourth-order valence-corrected chi connectivity index (χ4v) is 1.77. The molecule has 0 atom stereocenters. The molecule has 4 N–H and O–H groups in total. The number of hydrogen-bond donors (Lipinski definition) is 3. The van der Waals surface area contributed by atoms with E-state index < -0.39 is 5.91 Å². The highest BCUT2D eigenvalue weighted by Crippen LogP contribution is 2.21. The summed E-state index contributed by atoms with van der Waals surface area (Å²) in [5.74, 6) is -0.521. The number of carbonyl (C=O) groups is 1. The van der Waals surface area contributed by atoms with E-state index in [1.54, 1.807) is 18.2 Å². The molecule has 88 valence electrons. The highest BCUT2D eigenvalue weighted by Gasteiger charge is 2.06. The summed E-state index contributed by atoms with van der Waals surface area (Å²) in [5.41, 5.74) is 7.49. The maximum Gasteiger partial charge on any atom is 0.250 e. The molecule has 0 aliphatic rings. The average Bonchev–Trinajstić information content (AvgIpc) is 2.78. The van der Waals surface area contributed by atoms with Crippen molar-refractivity contribution in [1.29, 1.82) is 0 Å². The lowest BCUT2D eigenvalue weighted by Crippen LogP contribution is -2.11. The Morgan fingerprint density at radius 3 is 2.82 bits per heavy atom. The first-order valence-corrected chi connectivity index (χ1v) is 5.49. The van der Waals surface area contributed by atoms with E-state index in [4.69, 9.17) is 17.3 Å². The molecular weight excluding hydrogens is 238 g/mol. The number of amides is 1. The number of carbonyl (C=O) groups excluding carboxylic acids is 1. The van der Waals surface area contributed by atoms with Crippen molar-refractivity contribution >= 4 is 23.2 Å². The molecule has 0 aliphatic carbocycles. The van der Waals surface area contributed by atoms with E-state index in [-0.39, 0.29) is 0 Å². The molecule has 0 saturated carbocycles. The van der Waals surface area contributed by atoms with Crippen LogP contribution in [0.5, 0.6) is 0 Å². The Morgan fingerprint density at radius 1 is 1.41 bits per heavy atom. The minimum absolute atomic E-state index is 0.332. The van der Waals surface area contributed by atoms with Crippen molar-refractivity contribution in [2.45, 2.75) is 6.54 Å². The van der Waals surface area contributed by atoms with Gasteiger partial charge in [0.05, 0.1) is 10.6 Å². The smallest absolute Gasteiger partial charge is 0.250 e.